The average Bonchev–Trinajstić information content (AvgIpc) is 2.95. The van der Waals surface area contributed by atoms with Crippen LogP contribution in [0.1, 0.15) is 68.1 Å². The topological polar surface area (TPSA) is 62.7 Å². The normalized spacial score (nSPS) is 19.0. The molecule has 2 aliphatic rings. The van der Waals surface area contributed by atoms with Crippen molar-refractivity contribution in [1.29, 1.82) is 0 Å². The van der Waals surface area contributed by atoms with Crippen LogP contribution in [-0.4, -0.2) is 54.5 Å². The zero-order valence-corrected chi connectivity index (χ0v) is 16.2. The molecule has 0 aliphatic carbocycles. The van der Waals surface area contributed by atoms with Crippen LogP contribution >= 0.6 is 0 Å². The minimum absolute atomic E-state index is 0.0978. The highest BCUT2D eigenvalue weighted by atomic mass is 16.5. The molecule has 6 nitrogen and oxygen atoms in total. The molecule has 0 aromatic carbocycles. The molecule has 0 radical (unpaired) electrons. The van der Waals surface area contributed by atoms with Crippen LogP contribution in [-0.2, 0) is 9.53 Å². The van der Waals surface area contributed by atoms with E-state index in [4.69, 9.17) is 4.74 Å². The Labute approximate surface area is 161 Å². The van der Waals surface area contributed by atoms with Crippen LogP contribution < -0.4 is 4.90 Å². The Kier molecular flexibility index (Phi) is 7.48. The number of carbonyl (C=O) groups excluding carboxylic acids is 2. The molecule has 0 bridgehead atoms. The van der Waals surface area contributed by atoms with E-state index in [2.05, 4.69) is 9.88 Å². The minimum Gasteiger partial charge on any atom is -0.452 e. The lowest BCUT2D eigenvalue weighted by atomic mass is 10.1. The lowest BCUT2D eigenvalue weighted by Crippen LogP contribution is -2.36. The summed E-state index contributed by atoms with van der Waals surface area (Å²) in [5.74, 6) is 0.329. The van der Waals surface area contributed by atoms with Crippen molar-refractivity contribution in [3.8, 4) is 0 Å². The predicted octanol–water partition coefficient (Wildman–Crippen LogP) is 3.41. The van der Waals surface area contributed by atoms with Crippen molar-refractivity contribution in [2.75, 3.05) is 37.7 Å². The first-order chi connectivity index (χ1) is 13.2. The summed E-state index contributed by atoms with van der Waals surface area (Å²) in [4.78, 5) is 33.1. The molecule has 2 aliphatic heterocycles. The van der Waals surface area contributed by atoms with Crippen LogP contribution in [0.2, 0.25) is 0 Å². The summed E-state index contributed by atoms with van der Waals surface area (Å²) >= 11 is 0. The Bertz CT molecular complexity index is 602. The zero-order chi connectivity index (χ0) is 18.9. The van der Waals surface area contributed by atoms with E-state index >= 15 is 0 Å². The maximum Gasteiger partial charge on any atom is 0.340 e. The number of esters is 1. The Morgan fingerprint density at radius 1 is 0.852 bits per heavy atom. The van der Waals surface area contributed by atoms with Gasteiger partial charge in [-0.1, -0.05) is 32.1 Å². The Morgan fingerprint density at radius 3 is 2.04 bits per heavy atom. The quantitative estimate of drug-likeness (QED) is 0.757. The molecule has 2 saturated heterocycles. The summed E-state index contributed by atoms with van der Waals surface area (Å²) in [5.41, 5.74) is 0.397. The highest BCUT2D eigenvalue weighted by Crippen LogP contribution is 2.18. The van der Waals surface area contributed by atoms with E-state index in [0.29, 0.717) is 5.56 Å². The summed E-state index contributed by atoms with van der Waals surface area (Å²) in [5, 5.41) is 0. The number of anilines is 1. The first-order valence-corrected chi connectivity index (χ1v) is 10.4. The number of likely N-dealkylation sites (tertiary alicyclic amines) is 1. The van der Waals surface area contributed by atoms with Crippen LogP contribution in [0.4, 0.5) is 5.82 Å². The van der Waals surface area contributed by atoms with Gasteiger partial charge in [-0.25, -0.2) is 9.78 Å². The van der Waals surface area contributed by atoms with E-state index in [1.54, 1.807) is 12.3 Å². The third-order valence-electron chi connectivity index (χ3n) is 5.45. The molecule has 2 fully saturated rings. The molecule has 3 rings (SSSR count). The first kappa shape index (κ1) is 19.6. The lowest BCUT2D eigenvalue weighted by Gasteiger charge is -2.24. The molecule has 0 atom stereocenters. The number of nitrogens with zero attached hydrogens (tertiary/aromatic N) is 3. The fourth-order valence-electron chi connectivity index (χ4n) is 3.79. The van der Waals surface area contributed by atoms with Gasteiger partial charge in [-0.05, 0) is 37.8 Å². The standard InChI is InChI=1S/C21H31N3O3/c25-20(24-14-8-2-1-3-9-15-24)17-27-21(26)18-10-11-19(22-16-18)23-12-6-4-5-7-13-23/h10-11,16H,1-9,12-15,17H2. The van der Waals surface area contributed by atoms with Crippen molar-refractivity contribution < 1.29 is 14.3 Å². The number of ether oxygens (including phenoxy) is 1. The molecule has 0 saturated carbocycles. The Morgan fingerprint density at radius 2 is 1.44 bits per heavy atom. The van der Waals surface area contributed by atoms with E-state index in [1.165, 1.54) is 44.9 Å². The molecule has 1 aromatic rings. The van der Waals surface area contributed by atoms with Gasteiger partial charge in [-0.15, -0.1) is 0 Å². The van der Waals surface area contributed by atoms with Crippen molar-refractivity contribution in [2.45, 2.75) is 57.8 Å². The fraction of sp³-hybridized carbons (Fsp3) is 0.667. The highest BCUT2D eigenvalue weighted by Gasteiger charge is 2.18. The number of carbonyl (C=O) groups is 2. The van der Waals surface area contributed by atoms with E-state index in [-0.39, 0.29) is 12.5 Å². The molecule has 1 amide bonds. The van der Waals surface area contributed by atoms with Gasteiger partial charge in [-0.3, -0.25) is 4.79 Å². The lowest BCUT2D eigenvalue weighted by molar-refractivity contribution is -0.134. The van der Waals surface area contributed by atoms with Crippen LogP contribution in [0.5, 0.6) is 0 Å². The number of aromatic nitrogens is 1. The first-order valence-electron chi connectivity index (χ1n) is 10.4. The van der Waals surface area contributed by atoms with E-state index in [9.17, 15) is 9.59 Å². The minimum atomic E-state index is -0.481. The molecule has 3 heterocycles. The van der Waals surface area contributed by atoms with Crippen molar-refractivity contribution >= 4 is 17.7 Å². The van der Waals surface area contributed by atoms with Gasteiger partial charge in [0.2, 0.25) is 0 Å². The summed E-state index contributed by atoms with van der Waals surface area (Å²) < 4.78 is 5.24. The number of pyridine rings is 1. The third-order valence-corrected chi connectivity index (χ3v) is 5.45. The summed E-state index contributed by atoms with van der Waals surface area (Å²) in [6, 6.07) is 3.62. The van der Waals surface area contributed by atoms with Crippen LogP contribution in [0.15, 0.2) is 18.3 Å². The van der Waals surface area contributed by atoms with Crippen molar-refractivity contribution in [1.82, 2.24) is 9.88 Å². The van der Waals surface area contributed by atoms with E-state index in [1.807, 2.05) is 11.0 Å². The monoisotopic (exact) mass is 373 g/mol. The van der Waals surface area contributed by atoms with Crippen LogP contribution in [0.25, 0.3) is 0 Å². The molecular formula is C21H31N3O3. The molecule has 0 spiro atoms. The van der Waals surface area contributed by atoms with Crippen LogP contribution in [0.3, 0.4) is 0 Å². The number of hydrogen-bond donors (Lipinski definition) is 0. The SMILES string of the molecule is O=C(OCC(=O)N1CCCCCCC1)c1ccc(N2CCCCCC2)nc1. The van der Waals surface area contributed by atoms with Gasteiger partial charge < -0.3 is 14.5 Å². The van der Waals surface area contributed by atoms with Gasteiger partial charge in [0.15, 0.2) is 6.61 Å². The molecular weight excluding hydrogens is 342 g/mol. The fourth-order valence-corrected chi connectivity index (χ4v) is 3.79. The van der Waals surface area contributed by atoms with Gasteiger partial charge in [0, 0.05) is 32.4 Å². The Hall–Kier alpha value is -2.11. The zero-order valence-electron chi connectivity index (χ0n) is 16.2. The molecule has 0 unspecified atom stereocenters. The van der Waals surface area contributed by atoms with Gasteiger partial charge in [0.1, 0.15) is 5.82 Å². The second kappa shape index (κ2) is 10.3. The highest BCUT2D eigenvalue weighted by molar-refractivity contribution is 5.91. The molecule has 0 N–H and O–H groups in total. The smallest absolute Gasteiger partial charge is 0.340 e. The summed E-state index contributed by atoms with van der Waals surface area (Å²) in [7, 11) is 0. The van der Waals surface area contributed by atoms with Gasteiger partial charge in [0.05, 0.1) is 5.56 Å². The third kappa shape index (κ3) is 5.94. The largest absolute Gasteiger partial charge is 0.452 e. The number of hydrogen-bond acceptors (Lipinski definition) is 5. The summed E-state index contributed by atoms with van der Waals surface area (Å²) in [6.45, 7) is 3.37. The maximum atomic E-state index is 12.3. The van der Waals surface area contributed by atoms with Crippen molar-refractivity contribution in [2.24, 2.45) is 0 Å². The Balaban J connectivity index is 1.49. The molecule has 6 heteroatoms. The number of rotatable bonds is 4. The van der Waals surface area contributed by atoms with Gasteiger partial charge in [0.25, 0.3) is 5.91 Å². The second-order valence-electron chi connectivity index (χ2n) is 7.53. The van der Waals surface area contributed by atoms with Crippen LogP contribution in [0, 0.1) is 0 Å². The van der Waals surface area contributed by atoms with E-state index < -0.39 is 5.97 Å². The van der Waals surface area contributed by atoms with Gasteiger partial charge in [-0.2, -0.15) is 0 Å². The summed E-state index contributed by atoms with van der Waals surface area (Å²) in [6.07, 6.45) is 12.1. The molecule has 27 heavy (non-hydrogen) atoms. The second-order valence-corrected chi connectivity index (χ2v) is 7.53. The maximum absolute atomic E-state index is 12.3. The van der Waals surface area contributed by atoms with Gasteiger partial charge >= 0.3 is 5.97 Å². The molecule has 148 valence electrons. The van der Waals surface area contributed by atoms with E-state index in [0.717, 1.165) is 44.8 Å². The number of amides is 1. The van der Waals surface area contributed by atoms with Crippen molar-refractivity contribution in [3.05, 3.63) is 23.9 Å². The molecule has 1 aromatic heterocycles. The predicted molar refractivity (Wildman–Crippen MR) is 105 cm³/mol. The van der Waals surface area contributed by atoms with Crippen molar-refractivity contribution in [3.63, 3.8) is 0 Å². The average molecular weight is 373 g/mol.